The van der Waals surface area contributed by atoms with E-state index in [0.717, 1.165) is 18.0 Å². The second-order valence-corrected chi connectivity index (χ2v) is 3.60. The van der Waals surface area contributed by atoms with Gasteiger partial charge in [-0.2, -0.15) is 4.37 Å². The van der Waals surface area contributed by atoms with E-state index in [0.29, 0.717) is 12.1 Å². The molecule has 2 rings (SSSR count). The van der Waals surface area contributed by atoms with Gasteiger partial charge >= 0.3 is 0 Å². The van der Waals surface area contributed by atoms with Crippen LogP contribution >= 0.6 is 11.5 Å². The van der Waals surface area contributed by atoms with Crippen molar-refractivity contribution in [2.45, 2.75) is 24.9 Å². The monoisotopic (exact) mass is 170 g/mol. The third-order valence-electron chi connectivity index (χ3n) is 1.86. The van der Waals surface area contributed by atoms with E-state index in [1.54, 1.807) is 6.33 Å². The quantitative estimate of drug-likeness (QED) is 0.676. The van der Waals surface area contributed by atoms with Crippen molar-refractivity contribution in [2.75, 3.05) is 5.32 Å². The summed E-state index contributed by atoms with van der Waals surface area (Å²) in [5.74, 6) is 0. The van der Waals surface area contributed by atoms with Crippen LogP contribution in [0.25, 0.3) is 0 Å². The highest BCUT2D eigenvalue weighted by Crippen LogP contribution is 2.22. The standard InChI is InChI=1S/C6H10N4S/c7-4-1-5(2-4)10-6-8-3-9-11-6/h3-5H,1-2,7H2,(H,8,9,10). The summed E-state index contributed by atoms with van der Waals surface area (Å²) in [4.78, 5) is 4.02. The third kappa shape index (κ3) is 1.49. The summed E-state index contributed by atoms with van der Waals surface area (Å²) in [7, 11) is 0. The average molecular weight is 170 g/mol. The van der Waals surface area contributed by atoms with Gasteiger partial charge in [-0.25, -0.2) is 4.98 Å². The van der Waals surface area contributed by atoms with Crippen LogP contribution in [0.1, 0.15) is 12.8 Å². The first-order valence-corrected chi connectivity index (χ1v) is 4.41. The van der Waals surface area contributed by atoms with Crippen molar-refractivity contribution in [3.63, 3.8) is 0 Å². The molecule has 1 aromatic heterocycles. The van der Waals surface area contributed by atoms with Crippen LogP contribution in [-0.4, -0.2) is 21.4 Å². The van der Waals surface area contributed by atoms with Gasteiger partial charge in [-0.3, -0.25) is 0 Å². The number of nitrogens with zero attached hydrogens (tertiary/aromatic N) is 2. The Labute approximate surface area is 69.0 Å². The lowest BCUT2D eigenvalue weighted by atomic mass is 9.88. The first kappa shape index (κ1) is 7.00. The zero-order chi connectivity index (χ0) is 7.68. The van der Waals surface area contributed by atoms with E-state index in [1.807, 2.05) is 0 Å². The van der Waals surface area contributed by atoms with Crippen LogP contribution in [0, 0.1) is 0 Å². The summed E-state index contributed by atoms with van der Waals surface area (Å²) in [6.45, 7) is 0. The first-order valence-electron chi connectivity index (χ1n) is 3.63. The summed E-state index contributed by atoms with van der Waals surface area (Å²) < 4.78 is 3.89. The van der Waals surface area contributed by atoms with Crippen LogP contribution in [0.5, 0.6) is 0 Å². The highest BCUT2D eigenvalue weighted by molar-refractivity contribution is 7.09. The van der Waals surface area contributed by atoms with E-state index in [1.165, 1.54) is 11.5 Å². The Morgan fingerprint density at radius 2 is 2.45 bits per heavy atom. The molecular weight excluding hydrogens is 160 g/mol. The van der Waals surface area contributed by atoms with Crippen LogP contribution < -0.4 is 11.1 Å². The molecule has 1 heterocycles. The van der Waals surface area contributed by atoms with Gasteiger partial charge in [0.1, 0.15) is 6.33 Å². The van der Waals surface area contributed by atoms with Crippen LogP contribution in [0.15, 0.2) is 6.33 Å². The predicted molar refractivity (Wildman–Crippen MR) is 44.5 cm³/mol. The minimum Gasteiger partial charge on any atom is -0.357 e. The zero-order valence-electron chi connectivity index (χ0n) is 6.03. The average Bonchev–Trinajstić information content (AvgIpc) is 2.36. The van der Waals surface area contributed by atoms with Gasteiger partial charge in [0.15, 0.2) is 0 Å². The maximum Gasteiger partial charge on any atom is 0.202 e. The van der Waals surface area contributed by atoms with Crippen molar-refractivity contribution in [3.8, 4) is 0 Å². The lowest BCUT2D eigenvalue weighted by molar-refractivity contribution is 0.373. The summed E-state index contributed by atoms with van der Waals surface area (Å²) in [6, 6.07) is 0.915. The molecule has 1 fully saturated rings. The van der Waals surface area contributed by atoms with E-state index in [9.17, 15) is 0 Å². The van der Waals surface area contributed by atoms with Crippen molar-refractivity contribution in [2.24, 2.45) is 5.73 Å². The molecule has 0 spiro atoms. The number of rotatable bonds is 2. The molecule has 1 aliphatic carbocycles. The molecule has 0 unspecified atom stereocenters. The summed E-state index contributed by atoms with van der Waals surface area (Å²) in [5.41, 5.74) is 5.63. The SMILES string of the molecule is NC1CC(Nc2ncns2)C1. The molecule has 0 aliphatic heterocycles. The van der Waals surface area contributed by atoms with Crippen LogP contribution in [-0.2, 0) is 0 Å². The van der Waals surface area contributed by atoms with Crippen molar-refractivity contribution in [1.82, 2.24) is 9.36 Å². The normalized spacial score (nSPS) is 29.5. The minimum absolute atomic E-state index is 0.389. The molecule has 0 atom stereocenters. The molecule has 11 heavy (non-hydrogen) atoms. The molecule has 0 radical (unpaired) electrons. The van der Waals surface area contributed by atoms with Gasteiger partial charge in [0.25, 0.3) is 0 Å². The third-order valence-corrected chi connectivity index (χ3v) is 2.46. The fraction of sp³-hybridized carbons (Fsp3) is 0.667. The smallest absolute Gasteiger partial charge is 0.202 e. The van der Waals surface area contributed by atoms with E-state index >= 15 is 0 Å². The number of hydrogen-bond acceptors (Lipinski definition) is 5. The molecule has 0 saturated heterocycles. The lowest BCUT2D eigenvalue weighted by Gasteiger charge is -2.32. The van der Waals surface area contributed by atoms with E-state index < -0.39 is 0 Å². The molecule has 3 N–H and O–H groups in total. The van der Waals surface area contributed by atoms with Gasteiger partial charge < -0.3 is 11.1 Å². The molecule has 1 aliphatic rings. The molecule has 60 valence electrons. The van der Waals surface area contributed by atoms with Crippen molar-refractivity contribution < 1.29 is 0 Å². The Balaban J connectivity index is 1.84. The summed E-state index contributed by atoms with van der Waals surface area (Å²) in [6.07, 6.45) is 3.67. The van der Waals surface area contributed by atoms with Gasteiger partial charge in [-0.05, 0) is 12.8 Å². The van der Waals surface area contributed by atoms with Crippen molar-refractivity contribution >= 4 is 16.7 Å². The van der Waals surface area contributed by atoms with E-state index in [4.69, 9.17) is 5.73 Å². The largest absolute Gasteiger partial charge is 0.357 e. The van der Waals surface area contributed by atoms with Gasteiger partial charge in [-0.15, -0.1) is 0 Å². The summed E-state index contributed by atoms with van der Waals surface area (Å²) in [5, 5.41) is 4.16. The molecule has 0 aromatic carbocycles. The van der Waals surface area contributed by atoms with E-state index in [-0.39, 0.29) is 0 Å². The van der Waals surface area contributed by atoms with Gasteiger partial charge in [0.2, 0.25) is 5.13 Å². The zero-order valence-corrected chi connectivity index (χ0v) is 6.84. The number of nitrogens with one attached hydrogen (secondary N) is 1. The van der Waals surface area contributed by atoms with Crippen LogP contribution in [0.2, 0.25) is 0 Å². The Kier molecular flexibility index (Phi) is 1.75. The van der Waals surface area contributed by atoms with Crippen molar-refractivity contribution in [1.29, 1.82) is 0 Å². The molecular formula is C6H10N4S. The second kappa shape index (κ2) is 2.75. The van der Waals surface area contributed by atoms with Gasteiger partial charge in [0, 0.05) is 23.6 Å². The predicted octanol–water partition coefficient (Wildman–Crippen LogP) is 0.440. The maximum absolute atomic E-state index is 5.63. The molecule has 0 amide bonds. The van der Waals surface area contributed by atoms with Gasteiger partial charge in [0.05, 0.1) is 0 Å². The Hall–Kier alpha value is -0.680. The second-order valence-electron chi connectivity index (χ2n) is 2.82. The topological polar surface area (TPSA) is 63.8 Å². The number of nitrogens with two attached hydrogens (primary N) is 1. The number of anilines is 1. The van der Waals surface area contributed by atoms with Crippen LogP contribution in [0.4, 0.5) is 5.13 Å². The number of aromatic nitrogens is 2. The molecule has 1 aromatic rings. The fourth-order valence-electron chi connectivity index (χ4n) is 1.19. The Morgan fingerprint density at radius 1 is 1.64 bits per heavy atom. The molecule has 0 bridgehead atoms. The van der Waals surface area contributed by atoms with Crippen LogP contribution in [0.3, 0.4) is 0 Å². The molecule has 1 saturated carbocycles. The highest BCUT2D eigenvalue weighted by Gasteiger charge is 2.25. The first-order chi connectivity index (χ1) is 5.34. The number of hydrogen-bond donors (Lipinski definition) is 2. The maximum atomic E-state index is 5.63. The van der Waals surface area contributed by atoms with E-state index in [2.05, 4.69) is 14.7 Å². The lowest BCUT2D eigenvalue weighted by Crippen LogP contribution is -2.44. The Bertz CT molecular complexity index is 216. The minimum atomic E-state index is 0.389. The Morgan fingerprint density at radius 3 is 3.00 bits per heavy atom. The fourth-order valence-corrected chi connectivity index (χ4v) is 1.70. The molecule has 5 heteroatoms. The van der Waals surface area contributed by atoms with Gasteiger partial charge in [-0.1, -0.05) is 0 Å². The highest BCUT2D eigenvalue weighted by atomic mass is 32.1. The van der Waals surface area contributed by atoms with Crippen molar-refractivity contribution in [3.05, 3.63) is 6.33 Å². The molecule has 4 nitrogen and oxygen atoms in total. The summed E-state index contributed by atoms with van der Waals surface area (Å²) >= 11 is 1.39.